The van der Waals surface area contributed by atoms with E-state index in [9.17, 15) is 4.79 Å². The average Bonchev–Trinajstić information content (AvgIpc) is 3.22. The maximum atomic E-state index is 12.5. The molecule has 2 fully saturated rings. The summed E-state index contributed by atoms with van der Waals surface area (Å²) in [5, 5.41) is 6.61. The van der Waals surface area contributed by atoms with Crippen molar-refractivity contribution in [1.82, 2.24) is 5.32 Å². The molecule has 0 aliphatic heterocycles. The number of para-hydroxylation sites is 1. The van der Waals surface area contributed by atoms with Crippen molar-refractivity contribution < 1.29 is 4.79 Å². The Labute approximate surface area is 127 Å². The van der Waals surface area contributed by atoms with E-state index in [1.807, 2.05) is 18.2 Å². The predicted octanol–water partition coefficient (Wildman–Crippen LogP) is 3.73. The highest BCUT2D eigenvalue weighted by molar-refractivity contribution is 5.95. The van der Waals surface area contributed by atoms with Crippen LogP contribution < -0.4 is 10.6 Å². The number of carbonyl (C=O) groups excluding carboxylic acids is 1. The topological polar surface area (TPSA) is 41.1 Å². The van der Waals surface area contributed by atoms with Gasteiger partial charge < -0.3 is 10.6 Å². The van der Waals surface area contributed by atoms with Crippen LogP contribution in [0.5, 0.6) is 0 Å². The number of fused-ring (bicyclic) bond motifs is 1. The van der Waals surface area contributed by atoms with Gasteiger partial charge in [-0.2, -0.15) is 0 Å². The minimum atomic E-state index is 0.239. The number of anilines is 1. The molecule has 21 heavy (non-hydrogen) atoms. The molecule has 2 N–H and O–H groups in total. The summed E-state index contributed by atoms with van der Waals surface area (Å²) in [5.74, 6) is 1.84. The second-order valence-electron chi connectivity index (χ2n) is 6.49. The van der Waals surface area contributed by atoms with Crippen LogP contribution in [-0.4, -0.2) is 12.5 Å². The molecule has 3 nitrogen and oxygen atoms in total. The summed E-state index contributed by atoms with van der Waals surface area (Å²) in [7, 11) is 0. The van der Waals surface area contributed by atoms with Crippen molar-refractivity contribution in [3.63, 3.8) is 0 Å². The first-order valence-corrected chi connectivity index (χ1v) is 8.35. The van der Waals surface area contributed by atoms with Gasteiger partial charge in [-0.15, -0.1) is 0 Å². The lowest BCUT2D eigenvalue weighted by molar-refractivity contribution is -0.117. The zero-order valence-corrected chi connectivity index (χ0v) is 13.1. The minimum absolute atomic E-state index is 0.239. The summed E-state index contributed by atoms with van der Waals surface area (Å²) in [6.45, 7) is 5.17. The number of hydrogen-bond acceptors (Lipinski definition) is 2. The molecule has 3 heteroatoms. The maximum Gasteiger partial charge on any atom is 0.228 e. The van der Waals surface area contributed by atoms with Gasteiger partial charge >= 0.3 is 0 Å². The van der Waals surface area contributed by atoms with E-state index in [0.29, 0.717) is 11.8 Å². The van der Waals surface area contributed by atoms with Gasteiger partial charge in [0.15, 0.2) is 0 Å². The largest absolute Gasteiger partial charge is 0.326 e. The number of nitrogens with one attached hydrogen (secondary N) is 2. The van der Waals surface area contributed by atoms with Gasteiger partial charge in [0, 0.05) is 17.6 Å². The molecule has 0 aromatic heterocycles. The third-order valence-corrected chi connectivity index (χ3v) is 5.15. The monoisotopic (exact) mass is 286 g/mol. The van der Waals surface area contributed by atoms with Crippen molar-refractivity contribution in [2.24, 2.45) is 17.8 Å². The van der Waals surface area contributed by atoms with E-state index < -0.39 is 0 Å². The van der Waals surface area contributed by atoms with Crippen LogP contribution >= 0.6 is 0 Å². The molecule has 2 saturated carbocycles. The lowest BCUT2D eigenvalue weighted by Gasteiger charge is -2.17. The Balaban J connectivity index is 1.69. The Kier molecular flexibility index (Phi) is 4.29. The Morgan fingerprint density at radius 1 is 1.24 bits per heavy atom. The molecule has 3 atom stereocenters. The van der Waals surface area contributed by atoms with Crippen LogP contribution in [-0.2, 0) is 4.79 Å². The van der Waals surface area contributed by atoms with Crippen LogP contribution in [0.15, 0.2) is 24.3 Å². The van der Waals surface area contributed by atoms with Gasteiger partial charge in [0.05, 0.1) is 0 Å². The van der Waals surface area contributed by atoms with Gasteiger partial charge in [0.25, 0.3) is 0 Å². The molecule has 0 bridgehead atoms. The molecular weight excluding hydrogens is 260 g/mol. The Hall–Kier alpha value is -1.35. The normalized spacial score (nSPS) is 28.6. The van der Waals surface area contributed by atoms with Gasteiger partial charge in [-0.3, -0.25) is 4.79 Å². The summed E-state index contributed by atoms with van der Waals surface area (Å²) in [4.78, 5) is 12.5. The van der Waals surface area contributed by atoms with Gasteiger partial charge in [0.1, 0.15) is 0 Å². The molecule has 1 aromatic rings. The average molecular weight is 286 g/mol. The number of amides is 1. The highest BCUT2D eigenvalue weighted by Crippen LogP contribution is 2.55. The molecule has 0 radical (unpaired) electrons. The van der Waals surface area contributed by atoms with E-state index in [0.717, 1.165) is 12.2 Å². The number of rotatable bonds is 5. The molecule has 0 saturated heterocycles. The highest BCUT2D eigenvalue weighted by Gasteiger charge is 2.54. The zero-order valence-electron chi connectivity index (χ0n) is 13.1. The highest BCUT2D eigenvalue weighted by atomic mass is 16.2. The fraction of sp³-hybridized carbons (Fsp3) is 0.611. The Bertz CT molecular complexity index is 502. The van der Waals surface area contributed by atoms with Crippen LogP contribution in [0.1, 0.15) is 51.1 Å². The predicted molar refractivity (Wildman–Crippen MR) is 86.1 cm³/mol. The maximum absolute atomic E-state index is 12.5. The molecule has 3 unspecified atom stereocenters. The van der Waals surface area contributed by atoms with E-state index in [1.54, 1.807) is 0 Å². The molecule has 2 aliphatic carbocycles. The SMILES string of the molecule is CCNC(C)c1ccccc1NC(=O)C1C2CCCCC21. The van der Waals surface area contributed by atoms with Crippen LogP contribution in [0, 0.1) is 17.8 Å². The summed E-state index contributed by atoms with van der Waals surface area (Å²) >= 11 is 0. The van der Waals surface area contributed by atoms with Crippen molar-refractivity contribution >= 4 is 11.6 Å². The molecular formula is C18H26N2O. The Morgan fingerprint density at radius 3 is 2.57 bits per heavy atom. The lowest BCUT2D eigenvalue weighted by atomic mass is 10.0. The smallest absolute Gasteiger partial charge is 0.228 e. The van der Waals surface area contributed by atoms with Crippen molar-refractivity contribution in [2.45, 2.75) is 45.6 Å². The summed E-state index contributed by atoms with van der Waals surface area (Å²) < 4.78 is 0. The van der Waals surface area contributed by atoms with E-state index in [2.05, 4.69) is 30.5 Å². The molecule has 1 aromatic carbocycles. The first kappa shape index (κ1) is 14.6. The second kappa shape index (κ2) is 6.18. The molecule has 1 amide bonds. The van der Waals surface area contributed by atoms with Crippen LogP contribution in [0.25, 0.3) is 0 Å². The summed E-state index contributed by atoms with van der Waals surface area (Å²) in [6, 6.07) is 8.41. The van der Waals surface area contributed by atoms with Crippen LogP contribution in [0.2, 0.25) is 0 Å². The van der Waals surface area contributed by atoms with Crippen molar-refractivity contribution in [2.75, 3.05) is 11.9 Å². The minimum Gasteiger partial charge on any atom is -0.326 e. The van der Waals surface area contributed by atoms with Gasteiger partial charge in [-0.25, -0.2) is 0 Å². The van der Waals surface area contributed by atoms with E-state index >= 15 is 0 Å². The quantitative estimate of drug-likeness (QED) is 0.866. The fourth-order valence-electron chi connectivity index (χ4n) is 4.00. The first-order chi connectivity index (χ1) is 10.2. The lowest BCUT2D eigenvalue weighted by Crippen LogP contribution is -2.21. The van der Waals surface area contributed by atoms with E-state index in [-0.39, 0.29) is 17.9 Å². The zero-order chi connectivity index (χ0) is 14.8. The molecule has 3 rings (SSSR count). The number of carbonyl (C=O) groups is 1. The first-order valence-electron chi connectivity index (χ1n) is 8.35. The number of benzene rings is 1. The van der Waals surface area contributed by atoms with Crippen molar-refractivity contribution in [3.05, 3.63) is 29.8 Å². The van der Waals surface area contributed by atoms with Crippen LogP contribution in [0.3, 0.4) is 0 Å². The van der Waals surface area contributed by atoms with Gasteiger partial charge in [0.2, 0.25) is 5.91 Å². The summed E-state index contributed by atoms with van der Waals surface area (Å²) in [6.07, 6.45) is 5.11. The van der Waals surface area contributed by atoms with Crippen LogP contribution in [0.4, 0.5) is 5.69 Å². The third kappa shape index (κ3) is 2.98. The van der Waals surface area contributed by atoms with Gasteiger partial charge in [-0.1, -0.05) is 38.0 Å². The summed E-state index contributed by atoms with van der Waals surface area (Å²) in [5.41, 5.74) is 2.15. The van der Waals surface area contributed by atoms with Gasteiger partial charge in [-0.05, 0) is 49.8 Å². The second-order valence-corrected chi connectivity index (χ2v) is 6.49. The molecule has 0 spiro atoms. The third-order valence-electron chi connectivity index (χ3n) is 5.15. The standard InChI is InChI=1S/C18H26N2O/c1-3-19-12(2)13-8-6-7-11-16(13)20-18(21)17-14-9-4-5-10-15(14)17/h6-8,11-12,14-15,17,19H,3-5,9-10H2,1-2H3,(H,20,21). The Morgan fingerprint density at radius 2 is 1.90 bits per heavy atom. The molecule has 0 heterocycles. The van der Waals surface area contributed by atoms with Crippen molar-refractivity contribution in [3.8, 4) is 0 Å². The number of hydrogen-bond donors (Lipinski definition) is 2. The van der Waals surface area contributed by atoms with Crippen molar-refractivity contribution in [1.29, 1.82) is 0 Å². The molecule has 2 aliphatic rings. The molecule has 114 valence electrons. The van der Waals surface area contributed by atoms with E-state index in [1.165, 1.54) is 31.2 Å². The fourth-order valence-corrected chi connectivity index (χ4v) is 4.00. The van der Waals surface area contributed by atoms with E-state index in [4.69, 9.17) is 0 Å².